The van der Waals surface area contributed by atoms with Gasteiger partial charge in [0.1, 0.15) is 11.6 Å². The number of nitrogens with zero attached hydrogens (tertiary/aromatic N) is 2. The Labute approximate surface area is 112 Å². The molecule has 1 aliphatic rings. The minimum Gasteiger partial charge on any atom is -0.360 e. The molecule has 0 spiro atoms. The first kappa shape index (κ1) is 12.2. The second-order valence-corrected chi connectivity index (χ2v) is 5.08. The van der Waals surface area contributed by atoms with Crippen LogP contribution in [0.1, 0.15) is 31.4 Å². The Hall–Kier alpha value is -1.84. The van der Waals surface area contributed by atoms with Gasteiger partial charge in [-0.2, -0.15) is 0 Å². The van der Waals surface area contributed by atoms with Gasteiger partial charge in [0.15, 0.2) is 5.82 Å². The molecule has 1 aromatic carbocycles. The Morgan fingerprint density at radius 1 is 1.26 bits per heavy atom. The zero-order valence-corrected chi connectivity index (χ0v) is 11.0. The molecule has 0 unspecified atom stereocenters. The molecule has 3 nitrogen and oxygen atoms in total. The van der Waals surface area contributed by atoms with Gasteiger partial charge in [-0.3, -0.25) is 0 Å². The highest BCUT2D eigenvalue weighted by Crippen LogP contribution is 2.34. The van der Waals surface area contributed by atoms with Gasteiger partial charge in [-0.25, -0.2) is 4.39 Å². The van der Waals surface area contributed by atoms with Crippen molar-refractivity contribution in [3.63, 3.8) is 0 Å². The van der Waals surface area contributed by atoms with E-state index in [0.29, 0.717) is 6.04 Å². The van der Waals surface area contributed by atoms with E-state index in [2.05, 4.69) is 10.1 Å². The van der Waals surface area contributed by atoms with Gasteiger partial charge in [-0.1, -0.05) is 24.1 Å². The lowest BCUT2D eigenvalue weighted by Gasteiger charge is -2.28. The zero-order valence-electron chi connectivity index (χ0n) is 11.0. The Morgan fingerprint density at radius 3 is 2.68 bits per heavy atom. The first-order chi connectivity index (χ1) is 9.24. The number of hydrogen-bond donors (Lipinski definition) is 0. The van der Waals surface area contributed by atoms with Crippen molar-refractivity contribution < 1.29 is 8.91 Å². The lowest BCUT2D eigenvalue weighted by molar-refractivity contribution is 0.396. The van der Waals surface area contributed by atoms with Gasteiger partial charge in [0.05, 0.1) is 0 Å². The van der Waals surface area contributed by atoms with E-state index < -0.39 is 0 Å². The van der Waals surface area contributed by atoms with E-state index in [0.717, 1.165) is 30.1 Å². The number of aryl methyl sites for hydroxylation is 1. The third kappa shape index (κ3) is 2.48. The number of anilines is 2. The van der Waals surface area contributed by atoms with E-state index in [1.54, 1.807) is 12.1 Å². The first-order valence-electron chi connectivity index (χ1n) is 6.72. The molecule has 3 rings (SSSR count). The minimum absolute atomic E-state index is 0.222. The topological polar surface area (TPSA) is 29.3 Å². The second-order valence-electron chi connectivity index (χ2n) is 5.08. The Balaban J connectivity index is 2.00. The molecule has 19 heavy (non-hydrogen) atoms. The smallest absolute Gasteiger partial charge is 0.176 e. The standard InChI is InChI=1S/C15H17FN2O/c1-11-9-15(17-19-11)18(13-6-2-3-7-13)14-8-4-5-12(16)10-14/h4-5,8-10,13H,2-3,6-7H2,1H3. The molecule has 0 aliphatic heterocycles. The van der Waals surface area contributed by atoms with Crippen LogP contribution >= 0.6 is 0 Å². The molecule has 0 amide bonds. The highest BCUT2D eigenvalue weighted by atomic mass is 19.1. The highest BCUT2D eigenvalue weighted by molar-refractivity contribution is 5.61. The molecule has 100 valence electrons. The quantitative estimate of drug-likeness (QED) is 0.828. The number of halogens is 1. The van der Waals surface area contributed by atoms with Crippen LogP contribution in [0, 0.1) is 12.7 Å². The predicted molar refractivity (Wildman–Crippen MR) is 72.0 cm³/mol. The van der Waals surface area contributed by atoms with Gasteiger partial charge < -0.3 is 9.42 Å². The van der Waals surface area contributed by atoms with E-state index in [9.17, 15) is 4.39 Å². The average Bonchev–Trinajstić information content (AvgIpc) is 3.02. The molecule has 1 heterocycles. The van der Waals surface area contributed by atoms with Crippen molar-refractivity contribution in [2.75, 3.05) is 4.90 Å². The molecule has 1 aliphatic carbocycles. The third-order valence-electron chi connectivity index (χ3n) is 3.64. The summed E-state index contributed by atoms with van der Waals surface area (Å²) in [7, 11) is 0. The Bertz CT molecular complexity index is 561. The van der Waals surface area contributed by atoms with Crippen LogP contribution in [-0.4, -0.2) is 11.2 Å². The molecular formula is C15H17FN2O. The van der Waals surface area contributed by atoms with Crippen LogP contribution in [0.4, 0.5) is 15.9 Å². The van der Waals surface area contributed by atoms with Crippen LogP contribution in [0.2, 0.25) is 0 Å². The largest absolute Gasteiger partial charge is 0.360 e. The van der Waals surface area contributed by atoms with Crippen molar-refractivity contribution in [3.8, 4) is 0 Å². The normalized spacial score (nSPS) is 15.9. The monoisotopic (exact) mass is 260 g/mol. The van der Waals surface area contributed by atoms with Crippen molar-refractivity contribution in [2.45, 2.75) is 38.6 Å². The molecule has 0 saturated heterocycles. The Morgan fingerprint density at radius 2 is 2.05 bits per heavy atom. The molecule has 1 saturated carbocycles. The number of hydrogen-bond acceptors (Lipinski definition) is 3. The van der Waals surface area contributed by atoms with E-state index in [-0.39, 0.29) is 5.82 Å². The van der Waals surface area contributed by atoms with E-state index >= 15 is 0 Å². The van der Waals surface area contributed by atoms with E-state index in [1.165, 1.54) is 18.9 Å². The molecule has 1 fully saturated rings. The first-order valence-corrected chi connectivity index (χ1v) is 6.72. The van der Waals surface area contributed by atoms with Crippen molar-refractivity contribution in [3.05, 3.63) is 41.9 Å². The lowest BCUT2D eigenvalue weighted by atomic mass is 10.1. The summed E-state index contributed by atoms with van der Waals surface area (Å²) >= 11 is 0. The third-order valence-corrected chi connectivity index (χ3v) is 3.64. The minimum atomic E-state index is -0.222. The van der Waals surface area contributed by atoms with Crippen LogP contribution < -0.4 is 4.90 Å². The fraction of sp³-hybridized carbons (Fsp3) is 0.400. The summed E-state index contributed by atoms with van der Waals surface area (Å²) in [4.78, 5) is 2.10. The number of aromatic nitrogens is 1. The maximum absolute atomic E-state index is 13.5. The fourth-order valence-corrected chi connectivity index (χ4v) is 2.79. The second kappa shape index (κ2) is 5.03. The van der Waals surface area contributed by atoms with Crippen molar-refractivity contribution in [1.82, 2.24) is 5.16 Å². The van der Waals surface area contributed by atoms with Crippen LogP contribution in [0.15, 0.2) is 34.9 Å². The van der Waals surface area contributed by atoms with Crippen LogP contribution in [0.5, 0.6) is 0 Å². The zero-order chi connectivity index (χ0) is 13.2. The molecule has 0 N–H and O–H groups in total. The molecule has 2 aromatic rings. The Kier molecular flexibility index (Phi) is 3.23. The van der Waals surface area contributed by atoms with E-state index in [4.69, 9.17) is 4.52 Å². The summed E-state index contributed by atoms with van der Waals surface area (Å²) in [5.74, 6) is 1.32. The summed E-state index contributed by atoms with van der Waals surface area (Å²) in [6, 6.07) is 8.97. The van der Waals surface area contributed by atoms with Crippen LogP contribution in [-0.2, 0) is 0 Å². The van der Waals surface area contributed by atoms with Gasteiger partial charge in [0, 0.05) is 17.8 Å². The summed E-state index contributed by atoms with van der Waals surface area (Å²) in [6.07, 6.45) is 4.66. The maximum Gasteiger partial charge on any atom is 0.176 e. The maximum atomic E-state index is 13.5. The predicted octanol–water partition coefficient (Wildman–Crippen LogP) is 4.20. The van der Waals surface area contributed by atoms with Gasteiger partial charge in [-0.15, -0.1) is 0 Å². The van der Waals surface area contributed by atoms with Gasteiger partial charge in [0.2, 0.25) is 0 Å². The molecular weight excluding hydrogens is 243 g/mol. The van der Waals surface area contributed by atoms with Gasteiger partial charge >= 0.3 is 0 Å². The molecule has 0 atom stereocenters. The molecule has 0 radical (unpaired) electrons. The SMILES string of the molecule is Cc1cc(N(c2cccc(F)c2)C2CCCC2)no1. The summed E-state index contributed by atoms with van der Waals surface area (Å²) in [6.45, 7) is 1.87. The van der Waals surface area contributed by atoms with Gasteiger partial charge in [-0.05, 0) is 38.0 Å². The van der Waals surface area contributed by atoms with Crippen molar-refractivity contribution in [2.24, 2.45) is 0 Å². The molecule has 1 aromatic heterocycles. The number of benzene rings is 1. The van der Waals surface area contributed by atoms with Crippen LogP contribution in [0.3, 0.4) is 0 Å². The van der Waals surface area contributed by atoms with Gasteiger partial charge in [0.25, 0.3) is 0 Å². The number of rotatable bonds is 3. The average molecular weight is 260 g/mol. The molecule has 0 bridgehead atoms. The van der Waals surface area contributed by atoms with E-state index in [1.807, 2.05) is 19.1 Å². The molecule has 4 heteroatoms. The van der Waals surface area contributed by atoms with Crippen molar-refractivity contribution in [1.29, 1.82) is 0 Å². The fourth-order valence-electron chi connectivity index (χ4n) is 2.79. The van der Waals surface area contributed by atoms with Crippen molar-refractivity contribution >= 4 is 11.5 Å². The lowest BCUT2D eigenvalue weighted by Crippen LogP contribution is -2.28. The highest BCUT2D eigenvalue weighted by Gasteiger charge is 2.26. The summed E-state index contributed by atoms with van der Waals surface area (Å²) < 4.78 is 18.6. The van der Waals surface area contributed by atoms with Crippen LogP contribution in [0.25, 0.3) is 0 Å². The summed E-state index contributed by atoms with van der Waals surface area (Å²) in [5.41, 5.74) is 0.847. The summed E-state index contributed by atoms with van der Waals surface area (Å²) in [5, 5.41) is 4.10.